The van der Waals surface area contributed by atoms with E-state index in [0.717, 1.165) is 17.8 Å². The van der Waals surface area contributed by atoms with E-state index in [-0.39, 0.29) is 11.6 Å². The second kappa shape index (κ2) is 7.39. The van der Waals surface area contributed by atoms with Crippen molar-refractivity contribution >= 4 is 22.9 Å². The molecule has 2 aliphatic rings. The largest absolute Gasteiger partial charge is 0.299 e. The second-order valence-corrected chi connectivity index (χ2v) is 7.14. The van der Waals surface area contributed by atoms with Crippen molar-refractivity contribution in [2.24, 2.45) is 21.9 Å². The summed E-state index contributed by atoms with van der Waals surface area (Å²) in [7, 11) is 0. The average Bonchev–Trinajstić information content (AvgIpc) is 3.46. The zero-order valence-electron chi connectivity index (χ0n) is 15.2. The Kier molecular flexibility index (Phi) is 4.79. The normalized spacial score (nSPS) is 21.3. The third-order valence-corrected chi connectivity index (χ3v) is 4.83. The fraction of sp³-hybridized carbons (Fsp3) is 0.333. The zero-order chi connectivity index (χ0) is 18.8. The highest BCUT2D eigenvalue weighted by Crippen LogP contribution is 2.31. The minimum atomic E-state index is -0.536. The third-order valence-electron chi connectivity index (χ3n) is 4.83. The second-order valence-electron chi connectivity index (χ2n) is 7.14. The van der Waals surface area contributed by atoms with Crippen molar-refractivity contribution in [3.05, 3.63) is 60.2 Å². The summed E-state index contributed by atoms with van der Waals surface area (Å²) in [6.07, 6.45) is 5.79. The molecule has 1 aliphatic heterocycles. The molecule has 0 bridgehead atoms. The van der Waals surface area contributed by atoms with Gasteiger partial charge >= 0.3 is 0 Å². The van der Waals surface area contributed by atoms with Crippen LogP contribution < -0.4 is 0 Å². The molecule has 6 heteroatoms. The van der Waals surface area contributed by atoms with Gasteiger partial charge in [0.05, 0.1) is 29.9 Å². The molecule has 0 spiro atoms. The Morgan fingerprint density at radius 1 is 1.26 bits per heavy atom. The molecule has 27 heavy (non-hydrogen) atoms. The van der Waals surface area contributed by atoms with Crippen LogP contribution in [0.4, 0.5) is 10.1 Å². The van der Waals surface area contributed by atoms with E-state index in [2.05, 4.69) is 4.98 Å². The number of hydrogen-bond donors (Lipinski definition) is 0. The van der Waals surface area contributed by atoms with E-state index in [1.807, 2.05) is 17.1 Å². The van der Waals surface area contributed by atoms with Gasteiger partial charge in [-0.15, -0.1) is 0 Å². The first-order chi connectivity index (χ1) is 13.1. The van der Waals surface area contributed by atoms with E-state index in [0.29, 0.717) is 23.9 Å². The standard InChI is InChI=1S/C21H21FN4O/c1-14(27)20-19(24-18-3-2-10-23-11-18)13-26(12-15-4-5-15)25-21(20)16-6-8-17(22)9-7-16/h2-3,6-11,15,20H,4-5,12-13H2,1H3. The van der Waals surface area contributed by atoms with Gasteiger partial charge in [-0.3, -0.25) is 19.8 Å². The van der Waals surface area contributed by atoms with Crippen LogP contribution >= 0.6 is 0 Å². The number of rotatable bonds is 5. The molecular formula is C21H21FN4O. The smallest absolute Gasteiger partial charge is 0.144 e. The van der Waals surface area contributed by atoms with Gasteiger partial charge in [-0.25, -0.2) is 4.39 Å². The van der Waals surface area contributed by atoms with Crippen LogP contribution in [0.25, 0.3) is 0 Å². The molecule has 1 saturated carbocycles. The van der Waals surface area contributed by atoms with Crippen LogP contribution in [0.2, 0.25) is 0 Å². The molecule has 4 rings (SSSR count). The third kappa shape index (κ3) is 4.10. The van der Waals surface area contributed by atoms with Gasteiger partial charge in [0, 0.05) is 12.7 Å². The lowest BCUT2D eigenvalue weighted by molar-refractivity contribution is -0.117. The molecule has 5 nitrogen and oxygen atoms in total. The molecule has 0 N–H and O–H groups in total. The SMILES string of the molecule is CC(=O)C1C(=Nc2cccnc2)CN(CC2CC2)N=C1c1ccc(F)cc1. The lowest BCUT2D eigenvalue weighted by Gasteiger charge is -2.31. The number of carbonyl (C=O) groups is 1. The molecule has 1 aromatic heterocycles. The number of hydrogen-bond acceptors (Lipinski definition) is 5. The molecule has 0 amide bonds. The topological polar surface area (TPSA) is 57.9 Å². The number of aliphatic imine (C=N–C) groups is 1. The number of benzene rings is 1. The van der Waals surface area contributed by atoms with Crippen LogP contribution in [0.5, 0.6) is 0 Å². The van der Waals surface area contributed by atoms with E-state index >= 15 is 0 Å². The van der Waals surface area contributed by atoms with Crippen molar-refractivity contribution in [1.82, 2.24) is 9.99 Å². The molecule has 1 atom stereocenters. The van der Waals surface area contributed by atoms with Crippen molar-refractivity contribution in [2.75, 3.05) is 13.1 Å². The monoisotopic (exact) mass is 364 g/mol. The van der Waals surface area contributed by atoms with Crippen LogP contribution in [0, 0.1) is 17.7 Å². The molecule has 1 aliphatic carbocycles. The highest BCUT2D eigenvalue weighted by molar-refractivity contribution is 6.28. The average molecular weight is 364 g/mol. The van der Waals surface area contributed by atoms with E-state index in [1.54, 1.807) is 31.5 Å². The minimum absolute atomic E-state index is 0.0215. The lowest BCUT2D eigenvalue weighted by atomic mass is 9.87. The number of aromatic nitrogens is 1. The fourth-order valence-electron chi connectivity index (χ4n) is 3.34. The van der Waals surface area contributed by atoms with Gasteiger partial charge in [0.15, 0.2) is 0 Å². The minimum Gasteiger partial charge on any atom is -0.299 e. The van der Waals surface area contributed by atoms with Crippen molar-refractivity contribution in [3.8, 4) is 0 Å². The number of pyridine rings is 1. The van der Waals surface area contributed by atoms with Crippen LogP contribution in [-0.2, 0) is 4.79 Å². The van der Waals surface area contributed by atoms with E-state index in [4.69, 9.17) is 10.1 Å². The van der Waals surface area contributed by atoms with E-state index in [9.17, 15) is 9.18 Å². The summed E-state index contributed by atoms with van der Waals surface area (Å²) in [6, 6.07) is 9.83. The molecule has 0 saturated heterocycles. The first-order valence-corrected chi connectivity index (χ1v) is 9.17. The summed E-state index contributed by atoms with van der Waals surface area (Å²) in [5, 5.41) is 6.76. The van der Waals surface area contributed by atoms with Gasteiger partial charge in [0.2, 0.25) is 0 Å². The number of halogens is 1. The summed E-state index contributed by atoms with van der Waals surface area (Å²) in [4.78, 5) is 21.4. The van der Waals surface area contributed by atoms with Crippen LogP contribution in [0.1, 0.15) is 25.3 Å². The van der Waals surface area contributed by atoms with E-state index < -0.39 is 5.92 Å². The number of hydrazone groups is 1. The molecule has 2 heterocycles. The fourth-order valence-corrected chi connectivity index (χ4v) is 3.34. The first-order valence-electron chi connectivity index (χ1n) is 9.17. The van der Waals surface area contributed by atoms with Gasteiger partial charge in [-0.2, -0.15) is 5.10 Å². The summed E-state index contributed by atoms with van der Waals surface area (Å²) < 4.78 is 13.4. The maximum atomic E-state index is 13.4. The van der Waals surface area contributed by atoms with Crippen LogP contribution in [-0.4, -0.2) is 40.3 Å². The number of Topliss-reactive ketones (excluding diaryl/α,β-unsaturated/α-hetero) is 1. The molecule has 0 radical (unpaired) electrons. The maximum absolute atomic E-state index is 13.4. The number of ketones is 1. The van der Waals surface area contributed by atoms with Crippen LogP contribution in [0.15, 0.2) is 58.9 Å². The number of carbonyl (C=O) groups excluding carboxylic acids is 1. The van der Waals surface area contributed by atoms with Crippen molar-refractivity contribution in [3.63, 3.8) is 0 Å². The Balaban J connectivity index is 1.77. The summed E-state index contributed by atoms with van der Waals surface area (Å²) in [5.74, 6) is -0.219. The highest BCUT2D eigenvalue weighted by atomic mass is 19.1. The molecule has 2 aromatic rings. The maximum Gasteiger partial charge on any atom is 0.144 e. The molecule has 1 unspecified atom stereocenters. The van der Waals surface area contributed by atoms with E-state index in [1.165, 1.54) is 25.0 Å². The lowest BCUT2D eigenvalue weighted by Crippen LogP contribution is -2.44. The van der Waals surface area contributed by atoms with Crippen molar-refractivity contribution < 1.29 is 9.18 Å². The molecule has 1 fully saturated rings. The quantitative estimate of drug-likeness (QED) is 0.814. The van der Waals surface area contributed by atoms with Crippen molar-refractivity contribution in [2.45, 2.75) is 19.8 Å². The summed E-state index contributed by atoms with van der Waals surface area (Å²) in [6.45, 7) is 2.92. The van der Waals surface area contributed by atoms with Gasteiger partial charge < -0.3 is 0 Å². The Hall–Kier alpha value is -2.89. The first kappa shape index (κ1) is 17.5. The Labute approximate surface area is 157 Å². The Morgan fingerprint density at radius 3 is 2.67 bits per heavy atom. The van der Waals surface area contributed by atoms with Gasteiger partial charge in [-0.05, 0) is 55.5 Å². The zero-order valence-corrected chi connectivity index (χ0v) is 15.2. The summed E-state index contributed by atoms with van der Waals surface area (Å²) in [5.41, 5.74) is 2.85. The van der Waals surface area contributed by atoms with Crippen molar-refractivity contribution in [1.29, 1.82) is 0 Å². The molecule has 138 valence electrons. The number of nitrogens with zero attached hydrogens (tertiary/aromatic N) is 4. The van der Waals surface area contributed by atoms with Gasteiger partial charge in [0.1, 0.15) is 17.5 Å². The van der Waals surface area contributed by atoms with Crippen LogP contribution in [0.3, 0.4) is 0 Å². The van der Waals surface area contributed by atoms with Gasteiger partial charge in [0.25, 0.3) is 0 Å². The molecule has 1 aromatic carbocycles. The Bertz CT molecular complexity index is 888. The predicted molar refractivity (Wildman–Crippen MR) is 103 cm³/mol. The Morgan fingerprint density at radius 2 is 2.04 bits per heavy atom. The molecular weight excluding hydrogens is 343 g/mol. The highest BCUT2D eigenvalue weighted by Gasteiger charge is 2.35. The predicted octanol–water partition coefficient (Wildman–Crippen LogP) is 3.63. The summed E-state index contributed by atoms with van der Waals surface area (Å²) >= 11 is 0. The van der Waals surface area contributed by atoms with Gasteiger partial charge in [-0.1, -0.05) is 12.1 Å².